The van der Waals surface area contributed by atoms with Gasteiger partial charge in [0.25, 0.3) is 5.91 Å². The highest BCUT2D eigenvalue weighted by molar-refractivity contribution is 6.33. The first-order valence-electron chi connectivity index (χ1n) is 8.36. The van der Waals surface area contributed by atoms with Gasteiger partial charge in [0.05, 0.1) is 17.1 Å². The fourth-order valence-electron chi connectivity index (χ4n) is 2.84. The van der Waals surface area contributed by atoms with E-state index in [1.165, 1.54) is 12.1 Å². The lowest BCUT2D eigenvalue weighted by molar-refractivity contribution is 0.0526. The molecule has 2 heterocycles. The quantitative estimate of drug-likeness (QED) is 0.818. The van der Waals surface area contributed by atoms with Crippen LogP contribution in [0.2, 0.25) is 5.02 Å². The Kier molecular flexibility index (Phi) is 5.56. The van der Waals surface area contributed by atoms with Crippen LogP contribution in [0.15, 0.2) is 30.3 Å². The number of hydrogen-bond acceptors (Lipinski definition) is 5. The van der Waals surface area contributed by atoms with Gasteiger partial charge in [0.2, 0.25) is 5.88 Å². The minimum absolute atomic E-state index is 0.114. The summed E-state index contributed by atoms with van der Waals surface area (Å²) in [5.41, 5.74) is 0.295. The third-order valence-corrected chi connectivity index (χ3v) is 4.51. The molecule has 6 nitrogen and oxygen atoms in total. The molecule has 0 bridgehead atoms. The SMILES string of the molecule is CN(C)c1ccc(OC2CCCN(C(=O)c3ccc(F)cc3Cl)C2)nn1. The molecule has 1 aromatic heterocycles. The highest BCUT2D eigenvalue weighted by Crippen LogP contribution is 2.23. The number of ether oxygens (including phenoxy) is 1. The molecule has 1 aliphatic rings. The number of rotatable bonds is 4. The Morgan fingerprint density at radius 3 is 2.77 bits per heavy atom. The van der Waals surface area contributed by atoms with E-state index in [1.54, 1.807) is 11.0 Å². The van der Waals surface area contributed by atoms with Crippen LogP contribution in [-0.4, -0.2) is 54.3 Å². The third kappa shape index (κ3) is 4.22. The molecule has 1 atom stereocenters. The van der Waals surface area contributed by atoms with E-state index < -0.39 is 5.82 Å². The number of amides is 1. The molecule has 2 aromatic rings. The van der Waals surface area contributed by atoms with E-state index in [2.05, 4.69) is 10.2 Å². The molecule has 1 saturated heterocycles. The van der Waals surface area contributed by atoms with E-state index in [0.717, 1.165) is 24.7 Å². The number of hydrogen-bond donors (Lipinski definition) is 0. The lowest BCUT2D eigenvalue weighted by atomic mass is 10.1. The second kappa shape index (κ2) is 7.86. The van der Waals surface area contributed by atoms with Crippen LogP contribution in [0.25, 0.3) is 0 Å². The van der Waals surface area contributed by atoms with Crippen molar-refractivity contribution in [1.82, 2.24) is 15.1 Å². The molecule has 0 aliphatic carbocycles. The van der Waals surface area contributed by atoms with E-state index in [9.17, 15) is 9.18 Å². The highest BCUT2D eigenvalue weighted by Gasteiger charge is 2.27. The Balaban J connectivity index is 1.66. The molecule has 0 N–H and O–H groups in total. The molecule has 0 saturated carbocycles. The summed E-state index contributed by atoms with van der Waals surface area (Å²) in [6.45, 7) is 1.03. The Morgan fingerprint density at radius 2 is 2.12 bits per heavy atom. The molecule has 1 amide bonds. The minimum Gasteiger partial charge on any atom is -0.471 e. The third-order valence-electron chi connectivity index (χ3n) is 4.20. The largest absolute Gasteiger partial charge is 0.471 e. The minimum atomic E-state index is -0.467. The van der Waals surface area contributed by atoms with E-state index in [1.807, 2.05) is 25.1 Å². The molecule has 1 unspecified atom stereocenters. The van der Waals surface area contributed by atoms with Gasteiger partial charge in [-0.25, -0.2) is 4.39 Å². The van der Waals surface area contributed by atoms with Crippen LogP contribution in [-0.2, 0) is 0 Å². The predicted molar refractivity (Wildman–Crippen MR) is 97.3 cm³/mol. The van der Waals surface area contributed by atoms with E-state index in [-0.39, 0.29) is 17.0 Å². The van der Waals surface area contributed by atoms with Gasteiger partial charge in [-0.3, -0.25) is 4.79 Å². The average Bonchev–Trinajstić information content (AvgIpc) is 2.62. The van der Waals surface area contributed by atoms with Gasteiger partial charge in [-0.1, -0.05) is 11.6 Å². The van der Waals surface area contributed by atoms with Gasteiger partial charge >= 0.3 is 0 Å². The van der Waals surface area contributed by atoms with Gasteiger partial charge in [-0.2, -0.15) is 0 Å². The summed E-state index contributed by atoms with van der Waals surface area (Å²) in [5.74, 6) is 0.474. The van der Waals surface area contributed by atoms with Gasteiger partial charge in [-0.15, -0.1) is 10.2 Å². The number of nitrogens with zero attached hydrogens (tertiary/aromatic N) is 4. The standard InChI is InChI=1S/C18H20ClFN4O2/c1-23(2)16-7-8-17(22-21-16)26-13-4-3-9-24(11-13)18(25)14-6-5-12(20)10-15(14)19/h5-8,10,13H,3-4,9,11H2,1-2H3. The van der Waals surface area contributed by atoms with Crippen LogP contribution < -0.4 is 9.64 Å². The van der Waals surface area contributed by atoms with Crippen molar-refractivity contribution in [2.75, 3.05) is 32.1 Å². The Hall–Kier alpha value is -2.41. The van der Waals surface area contributed by atoms with Gasteiger partial charge in [0.15, 0.2) is 5.82 Å². The van der Waals surface area contributed by atoms with Crippen molar-refractivity contribution in [1.29, 1.82) is 0 Å². The van der Waals surface area contributed by atoms with Crippen LogP contribution in [0.3, 0.4) is 0 Å². The van der Waals surface area contributed by atoms with Gasteiger partial charge in [-0.05, 0) is 37.1 Å². The fraction of sp³-hybridized carbons (Fsp3) is 0.389. The van der Waals surface area contributed by atoms with Crippen molar-refractivity contribution in [2.24, 2.45) is 0 Å². The number of aromatic nitrogens is 2. The van der Waals surface area contributed by atoms with Crippen LogP contribution >= 0.6 is 11.6 Å². The zero-order chi connectivity index (χ0) is 18.7. The van der Waals surface area contributed by atoms with Crippen LogP contribution in [0.1, 0.15) is 23.2 Å². The summed E-state index contributed by atoms with van der Waals surface area (Å²) in [7, 11) is 3.77. The summed E-state index contributed by atoms with van der Waals surface area (Å²) in [6, 6.07) is 7.38. The highest BCUT2D eigenvalue weighted by atomic mass is 35.5. The molecule has 1 aliphatic heterocycles. The number of halogens is 2. The molecule has 8 heteroatoms. The molecule has 1 fully saturated rings. The van der Waals surface area contributed by atoms with Crippen LogP contribution in [0, 0.1) is 5.82 Å². The number of likely N-dealkylation sites (tertiary alicyclic amines) is 1. The monoisotopic (exact) mass is 378 g/mol. The maximum atomic E-state index is 13.2. The van der Waals surface area contributed by atoms with Crippen molar-refractivity contribution >= 4 is 23.3 Å². The van der Waals surface area contributed by atoms with Crippen molar-refractivity contribution in [3.63, 3.8) is 0 Å². The number of anilines is 1. The van der Waals surface area contributed by atoms with E-state index in [4.69, 9.17) is 16.3 Å². The molecule has 3 rings (SSSR count). The molecule has 0 spiro atoms. The van der Waals surface area contributed by atoms with E-state index >= 15 is 0 Å². The Labute approximate surface area is 156 Å². The normalized spacial score (nSPS) is 17.1. The summed E-state index contributed by atoms with van der Waals surface area (Å²) in [5, 5.41) is 8.26. The maximum Gasteiger partial charge on any atom is 0.255 e. The average molecular weight is 379 g/mol. The lowest BCUT2D eigenvalue weighted by Crippen LogP contribution is -2.44. The summed E-state index contributed by atoms with van der Waals surface area (Å²) < 4.78 is 19.1. The number of carbonyl (C=O) groups excluding carboxylic acids is 1. The van der Waals surface area contributed by atoms with Crippen molar-refractivity contribution < 1.29 is 13.9 Å². The Bertz CT molecular complexity index is 785. The summed E-state index contributed by atoms with van der Waals surface area (Å²) in [6.07, 6.45) is 1.45. The van der Waals surface area contributed by atoms with Gasteiger partial charge in [0, 0.05) is 26.7 Å². The first-order valence-corrected chi connectivity index (χ1v) is 8.74. The first kappa shape index (κ1) is 18.4. The summed E-state index contributed by atoms with van der Waals surface area (Å²) in [4.78, 5) is 16.2. The molecular formula is C18H20ClFN4O2. The lowest BCUT2D eigenvalue weighted by Gasteiger charge is -2.32. The van der Waals surface area contributed by atoms with Crippen LogP contribution in [0.5, 0.6) is 5.88 Å². The van der Waals surface area contributed by atoms with Crippen molar-refractivity contribution in [3.05, 3.63) is 46.7 Å². The zero-order valence-electron chi connectivity index (χ0n) is 14.7. The molecule has 1 aromatic carbocycles. The number of carbonyl (C=O) groups is 1. The maximum absolute atomic E-state index is 13.2. The van der Waals surface area contributed by atoms with E-state index in [0.29, 0.717) is 24.5 Å². The number of piperidine rings is 1. The van der Waals surface area contributed by atoms with Gasteiger partial charge < -0.3 is 14.5 Å². The smallest absolute Gasteiger partial charge is 0.255 e. The molecule has 138 valence electrons. The molecular weight excluding hydrogens is 359 g/mol. The topological polar surface area (TPSA) is 58.6 Å². The molecule has 26 heavy (non-hydrogen) atoms. The summed E-state index contributed by atoms with van der Waals surface area (Å²) >= 11 is 6.01. The fourth-order valence-corrected chi connectivity index (χ4v) is 3.09. The van der Waals surface area contributed by atoms with Crippen molar-refractivity contribution in [3.8, 4) is 5.88 Å². The first-order chi connectivity index (χ1) is 12.4. The Morgan fingerprint density at radius 1 is 1.31 bits per heavy atom. The zero-order valence-corrected chi connectivity index (χ0v) is 15.4. The predicted octanol–water partition coefficient (Wildman–Crippen LogP) is 3.02. The second-order valence-electron chi connectivity index (χ2n) is 6.38. The number of benzene rings is 1. The molecule has 0 radical (unpaired) electrons. The van der Waals surface area contributed by atoms with Crippen molar-refractivity contribution in [2.45, 2.75) is 18.9 Å². The second-order valence-corrected chi connectivity index (χ2v) is 6.79. The van der Waals surface area contributed by atoms with Crippen LogP contribution in [0.4, 0.5) is 10.2 Å². The van der Waals surface area contributed by atoms with Gasteiger partial charge in [0.1, 0.15) is 11.9 Å².